The van der Waals surface area contributed by atoms with Crippen molar-refractivity contribution in [2.24, 2.45) is 5.92 Å². The van der Waals surface area contributed by atoms with E-state index < -0.39 is 0 Å². The maximum Gasteiger partial charge on any atom is 0.175 e. The quantitative estimate of drug-likeness (QED) is 0.648. The predicted octanol–water partition coefficient (Wildman–Crippen LogP) is 5.11. The highest BCUT2D eigenvalue weighted by Gasteiger charge is 2.20. The van der Waals surface area contributed by atoms with Gasteiger partial charge in [-0.15, -0.1) is 11.3 Å². The largest absolute Gasteiger partial charge is 0.293 e. The molecular formula is C13H19ClOS. The number of carbonyl (C=O) groups is 1. The molecule has 0 N–H and O–H groups in total. The Bertz CT molecular complexity index is 331. The Morgan fingerprint density at radius 3 is 2.31 bits per heavy atom. The third-order valence-corrected chi connectivity index (χ3v) is 4.31. The molecule has 0 saturated carbocycles. The van der Waals surface area contributed by atoms with E-state index in [4.69, 9.17) is 11.6 Å². The summed E-state index contributed by atoms with van der Waals surface area (Å²) in [6, 6.07) is 1.92. The van der Waals surface area contributed by atoms with Crippen molar-refractivity contribution >= 4 is 28.7 Å². The van der Waals surface area contributed by atoms with Crippen molar-refractivity contribution in [3.05, 3.63) is 20.8 Å². The molecule has 1 aromatic rings. The Hall–Kier alpha value is -0.340. The summed E-state index contributed by atoms with van der Waals surface area (Å²) >= 11 is 7.42. The van der Waals surface area contributed by atoms with E-state index in [0.29, 0.717) is 0 Å². The molecule has 0 atom stereocenters. The number of carbonyl (C=O) groups excluding carboxylic acids is 1. The topological polar surface area (TPSA) is 17.1 Å². The molecule has 0 saturated heterocycles. The van der Waals surface area contributed by atoms with E-state index in [2.05, 4.69) is 13.8 Å². The summed E-state index contributed by atoms with van der Waals surface area (Å²) in [5.41, 5.74) is 1.02. The van der Waals surface area contributed by atoms with Crippen molar-refractivity contribution in [2.75, 3.05) is 0 Å². The van der Waals surface area contributed by atoms with E-state index >= 15 is 0 Å². The average Bonchev–Trinajstić information content (AvgIpc) is 2.58. The van der Waals surface area contributed by atoms with Crippen LogP contribution < -0.4 is 0 Å². The first-order valence-corrected chi connectivity index (χ1v) is 7.09. The molecule has 1 aromatic heterocycles. The van der Waals surface area contributed by atoms with Crippen molar-refractivity contribution < 1.29 is 4.79 Å². The maximum absolute atomic E-state index is 12.2. The molecule has 0 aliphatic heterocycles. The highest BCUT2D eigenvalue weighted by atomic mass is 35.5. The molecule has 0 aliphatic carbocycles. The van der Waals surface area contributed by atoms with Gasteiger partial charge in [-0.25, -0.2) is 0 Å². The Morgan fingerprint density at radius 1 is 1.38 bits per heavy atom. The lowest BCUT2D eigenvalue weighted by Crippen LogP contribution is -2.13. The van der Waals surface area contributed by atoms with Crippen LogP contribution in [0.15, 0.2) is 6.07 Å². The van der Waals surface area contributed by atoms with E-state index in [0.717, 1.165) is 40.5 Å². The second-order valence-corrected chi connectivity index (χ2v) is 5.86. The summed E-state index contributed by atoms with van der Waals surface area (Å²) in [5.74, 6) is 0.466. The average molecular weight is 259 g/mol. The molecule has 0 aromatic carbocycles. The van der Waals surface area contributed by atoms with Gasteiger partial charge < -0.3 is 0 Å². The van der Waals surface area contributed by atoms with Crippen molar-refractivity contribution in [1.29, 1.82) is 0 Å². The van der Waals surface area contributed by atoms with Gasteiger partial charge in [0.25, 0.3) is 0 Å². The zero-order valence-corrected chi connectivity index (χ0v) is 11.8. The molecule has 0 aliphatic rings. The van der Waals surface area contributed by atoms with Gasteiger partial charge in [-0.3, -0.25) is 4.79 Å². The number of thiophene rings is 1. The van der Waals surface area contributed by atoms with E-state index in [1.165, 1.54) is 11.3 Å². The van der Waals surface area contributed by atoms with Crippen molar-refractivity contribution in [3.63, 3.8) is 0 Å². The number of ketones is 1. The molecule has 0 amide bonds. The third kappa shape index (κ3) is 3.33. The Labute approximate surface area is 107 Å². The number of hydrogen-bond donors (Lipinski definition) is 0. The van der Waals surface area contributed by atoms with Gasteiger partial charge in [0.05, 0.1) is 9.21 Å². The molecule has 0 spiro atoms. The van der Waals surface area contributed by atoms with Crippen molar-refractivity contribution in [1.82, 2.24) is 0 Å². The van der Waals surface area contributed by atoms with Gasteiger partial charge in [-0.1, -0.05) is 38.3 Å². The van der Waals surface area contributed by atoms with E-state index in [1.807, 2.05) is 13.0 Å². The fraction of sp³-hybridized carbons (Fsp3) is 0.615. The Balaban J connectivity index is 2.81. The zero-order chi connectivity index (χ0) is 12.1. The summed E-state index contributed by atoms with van der Waals surface area (Å²) in [7, 11) is 0. The Kier molecular flexibility index (Phi) is 5.50. The first kappa shape index (κ1) is 13.7. The summed E-state index contributed by atoms with van der Waals surface area (Å²) in [4.78, 5) is 13.1. The van der Waals surface area contributed by atoms with Gasteiger partial charge in [0.15, 0.2) is 5.78 Å². The first-order chi connectivity index (χ1) is 7.60. The van der Waals surface area contributed by atoms with Crippen LogP contribution in [0.4, 0.5) is 0 Å². The van der Waals surface area contributed by atoms with Crippen LogP contribution in [-0.4, -0.2) is 5.78 Å². The third-order valence-electron chi connectivity index (χ3n) is 2.75. The van der Waals surface area contributed by atoms with Crippen LogP contribution >= 0.6 is 22.9 Å². The summed E-state index contributed by atoms with van der Waals surface area (Å²) in [6.07, 6.45) is 4.10. The molecule has 1 rings (SSSR count). The number of rotatable bonds is 6. The molecule has 0 bridgehead atoms. The second kappa shape index (κ2) is 6.41. The van der Waals surface area contributed by atoms with Crippen LogP contribution in [0.25, 0.3) is 0 Å². The lowest BCUT2D eigenvalue weighted by Gasteiger charge is -2.12. The van der Waals surface area contributed by atoms with Gasteiger partial charge in [-0.05, 0) is 31.4 Å². The fourth-order valence-corrected chi connectivity index (χ4v) is 3.11. The number of hydrogen-bond acceptors (Lipinski definition) is 2. The molecule has 0 radical (unpaired) electrons. The van der Waals surface area contributed by atoms with Crippen LogP contribution in [0.3, 0.4) is 0 Å². The van der Waals surface area contributed by atoms with Crippen LogP contribution in [-0.2, 0) is 0 Å². The smallest absolute Gasteiger partial charge is 0.175 e. The summed E-state index contributed by atoms with van der Waals surface area (Å²) in [6.45, 7) is 6.20. The minimum absolute atomic E-state index is 0.184. The molecule has 1 nitrogen and oxygen atoms in total. The molecule has 0 unspecified atom stereocenters. The normalized spacial score (nSPS) is 11.1. The Morgan fingerprint density at radius 2 is 1.94 bits per heavy atom. The van der Waals surface area contributed by atoms with Crippen LogP contribution in [0.1, 0.15) is 54.8 Å². The molecule has 1 heterocycles. The van der Waals surface area contributed by atoms with Gasteiger partial charge in [0.2, 0.25) is 0 Å². The van der Waals surface area contributed by atoms with Gasteiger partial charge in [0, 0.05) is 5.92 Å². The second-order valence-electron chi connectivity index (χ2n) is 4.21. The van der Waals surface area contributed by atoms with E-state index in [1.54, 1.807) is 0 Å². The van der Waals surface area contributed by atoms with Gasteiger partial charge in [-0.2, -0.15) is 0 Å². The standard InChI is InChI=1S/C13H19ClOS/c1-4-6-10(7-5-2)12(15)11-8-9(3)13(14)16-11/h8,10H,4-7H2,1-3H3. The number of halogens is 1. The highest BCUT2D eigenvalue weighted by Crippen LogP contribution is 2.30. The van der Waals surface area contributed by atoms with Crippen LogP contribution in [0, 0.1) is 12.8 Å². The minimum atomic E-state index is 0.184. The maximum atomic E-state index is 12.2. The molecular weight excluding hydrogens is 240 g/mol. The number of Topliss-reactive ketones (excluding diaryl/α,β-unsaturated/α-hetero) is 1. The zero-order valence-electron chi connectivity index (χ0n) is 10.2. The lowest BCUT2D eigenvalue weighted by atomic mass is 9.93. The van der Waals surface area contributed by atoms with Crippen LogP contribution in [0.5, 0.6) is 0 Å². The summed E-state index contributed by atoms with van der Waals surface area (Å²) < 4.78 is 0.745. The number of aryl methyl sites for hydroxylation is 1. The monoisotopic (exact) mass is 258 g/mol. The molecule has 16 heavy (non-hydrogen) atoms. The SMILES string of the molecule is CCCC(CCC)C(=O)c1cc(C)c(Cl)s1. The fourth-order valence-electron chi connectivity index (χ4n) is 1.89. The van der Waals surface area contributed by atoms with E-state index in [-0.39, 0.29) is 11.7 Å². The highest BCUT2D eigenvalue weighted by molar-refractivity contribution is 7.18. The van der Waals surface area contributed by atoms with E-state index in [9.17, 15) is 4.79 Å². The first-order valence-electron chi connectivity index (χ1n) is 5.90. The van der Waals surface area contributed by atoms with Gasteiger partial charge >= 0.3 is 0 Å². The predicted molar refractivity (Wildman–Crippen MR) is 71.7 cm³/mol. The summed E-state index contributed by atoms with van der Waals surface area (Å²) in [5, 5.41) is 0. The van der Waals surface area contributed by atoms with Crippen molar-refractivity contribution in [3.8, 4) is 0 Å². The van der Waals surface area contributed by atoms with Gasteiger partial charge in [0.1, 0.15) is 0 Å². The van der Waals surface area contributed by atoms with Crippen molar-refractivity contribution in [2.45, 2.75) is 46.5 Å². The molecule has 90 valence electrons. The minimum Gasteiger partial charge on any atom is -0.293 e. The molecule has 0 fully saturated rings. The molecule has 3 heteroatoms. The van der Waals surface area contributed by atoms with Crippen LogP contribution in [0.2, 0.25) is 4.34 Å². The lowest BCUT2D eigenvalue weighted by molar-refractivity contribution is 0.0909.